The van der Waals surface area contributed by atoms with Gasteiger partial charge in [0.15, 0.2) is 5.96 Å². The molecule has 1 unspecified atom stereocenters. The molecule has 2 fully saturated rings. The van der Waals surface area contributed by atoms with E-state index in [4.69, 9.17) is 11.6 Å². The first-order valence-electron chi connectivity index (χ1n) is 10.8. The highest BCUT2D eigenvalue weighted by Crippen LogP contribution is 2.26. The molecular formula is C22H36ClN5. The number of benzene rings is 1. The molecule has 0 aromatic heterocycles. The topological polar surface area (TPSA) is 42.9 Å². The third-order valence-corrected chi connectivity index (χ3v) is 6.34. The normalized spacial score (nSPS) is 21.2. The maximum Gasteiger partial charge on any atom is 0.191 e. The summed E-state index contributed by atoms with van der Waals surface area (Å²) in [7, 11) is 1.86. The van der Waals surface area contributed by atoms with Crippen molar-refractivity contribution in [2.45, 2.75) is 57.7 Å². The van der Waals surface area contributed by atoms with Gasteiger partial charge in [-0.1, -0.05) is 23.7 Å². The molecule has 3 rings (SSSR count). The smallest absolute Gasteiger partial charge is 0.191 e. The number of guanidine groups is 1. The molecule has 2 heterocycles. The van der Waals surface area contributed by atoms with E-state index in [-0.39, 0.29) is 0 Å². The zero-order valence-electron chi connectivity index (χ0n) is 17.6. The molecule has 156 valence electrons. The van der Waals surface area contributed by atoms with E-state index in [1.54, 1.807) is 0 Å². The fourth-order valence-corrected chi connectivity index (χ4v) is 4.57. The van der Waals surface area contributed by atoms with Gasteiger partial charge in [0.05, 0.1) is 6.04 Å². The minimum atomic E-state index is 0.322. The first kappa shape index (κ1) is 21.4. The van der Waals surface area contributed by atoms with E-state index in [0.29, 0.717) is 18.1 Å². The summed E-state index contributed by atoms with van der Waals surface area (Å²) in [6.45, 7) is 10.0. The van der Waals surface area contributed by atoms with E-state index in [2.05, 4.69) is 57.5 Å². The van der Waals surface area contributed by atoms with Crippen LogP contribution in [0.3, 0.4) is 0 Å². The zero-order valence-corrected chi connectivity index (χ0v) is 18.4. The van der Waals surface area contributed by atoms with Crippen LogP contribution in [0.15, 0.2) is 29.3 Å². The molecule has 0 aliphatic carbocycles. The summed E-state index contributed by atoms with van der Waals surface area (Å²) >= 11 is 6.27. The highest BCUT2D eigenvalue weighted by molar-refractivity contribution is 6.30. The fraction of sp³-hybridized carbons (Fsp3) is 0.682. The Balaban J connectivity index is 1.57. The minimum absolute atomic E-state index is 0.322. The van der Waals surface area contributed by atoms with E-state index in [0.717, 1.165) is 43.7 Å². The molecule has 1 aromatic carbocycles. The molecule has 2 aliphatic rings. The van der Waals surface area contributed by atoms with Crippen LogP contribution in [0, 0.1) is 0 Å². The van der Waals surface area contributed by atoms with Gasteiger partial charge >= 0.3 is 0 Å². The molecule has 6 heteroatoms. The van der Waals surface area contributed by atoms with Crippen molar-refractivity contribution in [2.24, 2.45) is 4.99 Å². The van der Waals surface area contributed by atoms with Crippen LogP contribution >= 0.6 is 11.6 Å². The predicted molar refractivity (Wildman–Crippen MR) is 119 cm³/mol. The summed E-state index contributed by atoms with van der Waals surface area (Å²) in [4.78, 5) is 9.60. The van der Waals surface area contributed by atoms with Crippen molar-refractivity contribution in [3.8, 4) is 0 Å². The molecule has 1 aromatic rings. The number of piperidine rings is 1. The van der Waals surface area contributed by atoms with Gasteiger partial charge < -0.3 is 15.5 Å². The number of halogens is 1. The van der Waals surface area contributed by atoms with Gasteiger partial charge in [-0.2, -0.15) is 0 Å². The number of aliphatic imine (C=N–C) groups is 1. The third-order valence-electron chi connectivity index (χ3n) is 6.10. The van der Waals surface area contributed by atoms with Gasteiger partial charge in [0.2, 0.25) is 0 Å². The SMILES string of the molecule is CN=C(NCC(c1cccc(Cl)c1)N1CCCC1)NC1CCN(C(C)C)CC1. The average Bonchev–Trinajstić information content (AvgIpc) is 3.22. The van der Waals surface area contributed by atoms with Gasteiger partial charge in [-0.15, -0.1) is 0 Å². The van der Waals surface area contributed by atoms with Crippen molar-refractivity contribution < 1.29 is 0 Å². The van der Waals surface area contributed by atoms with Crippen LogP contribution in [0.2, 0.25) is 5.02 Å². The van der Waals surface area contributed by atoms with E-state index in [1.165, 1.54) is 31.2 Å². The van der Waals surface area contributed by atoms with E-state index < -0.39 is 0 Å². The number of nitrogens with zero attached hydrogens (tertiary/aromatic N) is 3. The molecular weight excluding hydrogens is 370 g/mol. The number of hydrogen-bond donors (Lipinski definition) is 2. The van der Waals surface area contributed by atoms with Crippen LogP contribution in [0.1, 0.15) is 51.1 Å². The minimum Gasteiger partial charge on any atom is -0.354 e. The predicted octanol–water partition coefficient (Wildman–Crippen LogP) is 3.51. The number of rotatable bonds is 6. The average molecular weight is 406 g/mol. The Morgan fingerprint density at radius 3 is 2.46 bits per heavy atom. The molecule has 5 nitrogen and oxygen atoms in total. The van der Waals surface area contributed by atoms with Gasteiger partial charge in [0.1, 0.15) is 0 Å². The van der Waals surface area contributed by atoms with Crippen molar-refractivity contribution in [3.05, 3.63) is 34.9 Å². The lowest BCUT2D eigenvalue weighted by atomic mass is 10.0. The van der Waals surface area contributed by atoms with Gasteiger partial charge in [0, 0.05) is 43.8 Å². The highest BCUT2D eigenvalue weighted by Gasteiger charge is 2.25. The lowest BCUT2D eigenvalue weighted by Crippen LogP contribution is -2.50. The Hall–Kier alpha value is -1.30. The quantitative estimate of drug-likeness (QED) is 0.561. The zero-order chi connectivity index (χ0) is 19.9. The first-order chi connectivity index (χ1) is 13.6. The molecule has 0 spiro atoms. The second kappa shape index (κ2) is 10.5. The largest absolute Gasteiger partial charge is 0.354 e. The van der Waals surface area contributed by atoms with Gasteiger partial charge in [0.25, 0.3) is 0 Å². The monoisotopic (exact) mass is 405 g/mol. The highest BCUT2D eigenvalue weighted by atomic mass is 35.5. The number of nitrogens with one attached hydrogen (secondary N) is 2. The lowest BCUT2D eigenvalue weighted by Gasteiger charge is -2.35. The summed E-state index contributed by atoms with van der Waals surface area (Å²) in [5.41, 5.74) is 1.28. The van der Waals surface area contributed by atoms with Crippen molar-refractivity contribution in [1.29, 1.82) is 0 Å². The Labute approximate surface area is 175 Å². The third kappa shape index (κ3) is 5.85. The second-order valence-corrected chi connectivity index (χ2v) is 8.75. The van der Waals surface area contributed by atoms with Crippen LogP contribution in [0.25, 0.3) is 0 Å². The van der Waals surface area contributed by atoms with Crippen molar-refractivity contribution in [3.63, 3.8) is 0 Å². The maximum atomic E-state index is 6.27. The molecule has 2 saturated heterocycles. The molecule has 2 N–H and O–H groups in total. The fourth-order valence-electron chi connectivity index (χ4n) is 4.37. The Bertz CT molecular complexity index is 634. The summed E-state index contributed by atoms with van der Waals surface area (Å²) < 4.78 is 0. The Morgan fingerprint density at radius 1 is 1.14 bits per heavy atom. The first-order valence-corrected chi connectivity index (χ1v) is 11.2. The van der Waals surface area contributed by atoms with Crippen molar-refractivity contribution in [2.75, 3.05) is 39.8 Å². The lowest BCUT2D eigenvalue weighted by molar-refractivity contribution is 0.167. The molecule has 0 radical (unpaired) electrons. The van der Waals surface area contributed by atoms with Crippen LogP contribution in [-0.2, 0) is 0 Å². The van der Waals surface area contributed by atoms with Gasteiger partial charge in [-0.3, -0.25) is 9.89 Å². The van der Waals surface area contributed by atoms with E-state index in [9.17, 15) is 0 Å². The molecule has 28 heavy (non-hydrogen) atoms. The summed E-state index contributed by atoms with van der Waals surface area (Å²) in [5, 5.41) is 8.03. The summed E-state index contributed by atoms with van der Waals surface area (Å²) in [6, 6.07) is 9.75. The van der Waals surface area contributed by atoms with E-state index >= 15 is 0 Å². The van der Waals surface area contributed by atoms with Crippen LogP contribution in [0.4, 0.5) is 0 Å². The van der Waals surface area contributed by atoms with E-state index in [1.807, 2.05) is 13.1 Å². The Morgan fingerprint density at radius 2 is 1.86 bits per heavy atom. The molecule has 1 atom stereocenters. The van der Waals surface area contributed by atoms with Gasteiger partial charge in [-0.05, 0) is 70.3 Å². The number of likely N-dealkylation sites (tertiary alicyclic amines) is 2. The summed E-state index contributed by atoms with van der Waals surface area (Å²) in [5.74, 6) is 0.911. The van der Waals surface area contributed by atoms with Crippen molar-refractivity contribution in [1.82, 2.24) is 20.4 Å². The summed E-state index contributed by atoms with van der Waals surface area (Å²) in [6.07, 6.45) is 4.89. The standard InChI is InChI=1S/C22H36ClN5/c1-17(2)27-13-9-20(10-14-27)26-22(24-3)25-16-21(28-11-4-5-12-28)18-7-6-8-19(23)15-18/h6-8,15,17,20-21H,4-5,9-14,16H2,1-3H3,(H2,24,25,26). The molecule has 0 saturated carbocycles. The van der Waals surface area contributed by atoms with Crippen LogP contribution < -0.4 is 10.6 Å². The van der Waals surface area contributed by atoms with Crippen molar-refractivity contribution >= 4 is 17.6 Å². The molecule has 0 amide bonds. The van der Waals surface area contributed by atoms with Gasteiger partial charge in [-0.25, -0.2) is 0 Å². The maximum absolute atomic E-state index is 6.27. The molecule has 2 aliphatic heterocycles. The second-order valence-electron chi connectivity index (χ2n) is 8.32. The van der Waals surface area contributed by atoms with Crippen LogP contribution in [0.5, 0.6) is 0 Å². The van der Waals surface area contributed by atoms with Crippen LogP contribution in [-0.4, -0.2) is 67.6 Å². The molecule has 0 bridgehead atoms. The Kier molecular flexibility index (Phi) is 8.00. The number of hydrogen-bond acceptors (Lipinski definition) is 3.